The zero-order valence-corrected chi connectivity index (χ0v) is 17.6. The van der Waals surface area contributed by atoms with Crippen LogP contribution < -0.4 is 0 Å². The van der Waals surface area contributed by atoms with Gasteiger partial charge in [0.05, 0.1) is 25.5 Å². The van der Waals surface area contributed by atoms with Gasteiger partial charge in [0.15, 0.2) is 0 Å². The Morgan fingerprint density at radius 3 is 1.94 bits per heavy atom. The van der Waals surface area contributed by atoms with Gasteiger partial charge in [-0.1, -0.05) is 36.9 Å². The van der Waals surface area contributed by atoms with E-state index in [2.05, 4.69) is 6.58 Å². The molecule has 0 bridgehead atoms. The fourth-order valence-electron chi connectivity index (χ4n) is 3.45. The maximum absolute atomic E-state index is 11.9. The van der Waals surface area contributed by atoms with E-state index in [4.69, 9.17) is 5.11 Å². The number of likely N-dealkylation sites (N-methyl/N-ethyl adjacent to an activating group) is 1. The molecule has 0 saturated carbocycles. The van der Waals surface area contributed by atoms with Gasteiger partial charge in [-0.25, -0.2) is 0 Å². The van der Waals surface area contributed by atoms with Gasteiger partial charge in [0, 0.05) is 13.1 Å². The van der Waals surface area contributed by atoms with Crippen LogP contribution in [0.2, 0.25) is 0 Å². The van der Waals surface area contributed by atoms with Crippen molar-refractivity contribution in [3.8, 4) is 0 Å². The van der Waals surface area contributed by atoms with E-state index in [-0.39, 0.29) is 13.1 Å². The molecule has 0 aliphatic carbocycles. The predicted molar refractivity (Wildman–Crippen MR) is 113 cm³/mol. The molecule has 0 radical (unpaired) electrons. The summed E-state index contributed by atoms with van der Waals surface area (Å²) in [5.41, 5.74) is 1.13. The molecule has 1 aromatic carbocycles. The quantitative estimate of drug-likeness (QED) is 0.250. The van der Waals surface area contributed by atoms with Crippen molar-refractivity contribution in [2.75, 3.05) is 26.7 Å². The van der Waals surface area contributed by atoms with Crippen molar-refractivity contribution >= 4 is 30.0 Å². The molecular weight excluding hydrogens is 424 g/mol. The number of rotatable bonds is 15. The zero-order chi connectivity index (χ0) is 24.4. The minimum Gasteiger partial charge on any atom is -0.481 e. The topological polar surface area (TPSA) is 176 Å². The first kappa shape index (κ1) is 26.8. The van der Waals surface area contributed by atoms with Crippen LogP contribution in [0, 0.1) is 0 Å². The van der Waals surface area contributed by atoms with Crippen LogP contribution in [0.15, 0.2) is 30.8 Å². The third-order valence-electron chi connectivity index (χ3n) is 5.10. The lowest BCUT2D eigenvalue weighted by molar-refractivity contribution is -0.152. The molecule has 0 spiro atoms. The smallest absolute Gasteiger partial charge is 0.321 e. The Balaban J connectivity index is 3.34. The first-order valence-electron chi connectivity index (χ1n) is 9.70. The fraction of sp³-hybridized carbons (Fsp3) is 0.429. The van der Waals surface area contributed by atoms with Gasteiger partial charge in [0.2, 0.25) is 0 Å². The lowest BCUT2D eigenvalue weighted by Crippen LogP contribution is -2.50. The summed E-state index contributed by atoms with van der Waals surface area (Å²) >= 11 is 0. The maximum atomic E-state index is 11.9. The number of carboxylic acid groups (broad SMARTS) is 4. The number of aliphatic hydroxyl groups excluding tert-OH is 1. The van der Waals surface area contributed by atoms with Gasteiger partial charge in [-0.15, -0.1) is 0 Å². The van der Waals surface area contributed by atoms with E-state index in [0.29, 0.717) is 11.1 Å². The Kier molecular flexibility index (Phi) is 10.5. The molecule has 0 saturated heterocycles. The van der Waals surface area contributed by atoms with Crippen molar-refractivity contribution in [2.24, 2.45) is 0 Å². The zero-order valence-electron chi connectivity index (χ0n) is 17.6. The van der Waals surface area contributed by atoms with Crippen LogP contribution in [0.1, 0.15) is 30.0 Å². The molecule has 1 rings (SSSR count). The van der Waals surface area contributed by atoms with E-state index in [1.165, 1.54) is 22.9 Å². The van der Waals surface area contributed by atoms with Crippen LogP contribution in [-0.2, 0) is 19.2 Å². The minimum atomic E-state index is -1.53. The summed E-state index contributed by atoms with van der Waals surface area (Å²) in [4.78, 5) is 48.2. The van der Waals surface area contributed by atoms with Crippen LogP contribution >= 0.6 is 0 Å². The van der Waals surface area contributed by atoms with Gasteiger partial charge >= 0.3 is 23.9 Å². The summed E-state index contributed by atoms with van der Waals surface area (Å²) in [5, 5.41) is 47.3. The SMILES string of the molecule is C=Cc1ccccc1C(CO)N(CCN(C)C(CC(=O)O)C(=O)O)C(CC(=O)O)C(=O)O. The fourth-order valence-corrected chi connectivity index (χ4v) is 3.45. The van der Waals surface area contributed by atoms with Crippen molar-refractivity contribution in [3.63, 3.8) is 0 Å². The second-order valence-electron chi connectivity index (χ2n) is 7.15. The molecule has 3 unspecified atom stereocenters. The maximum Gasteiger partial charge on any atom is 0.321 e. The van der Waals surface area contributed by atoms with Crippen LogP contribution in [0.25, 0.3) is 6.08 Å². The van der Waals surface area contributed by atoms with Crippen molar-refractivity contribution < 1.29 is 44.7 Å². The van der Waals surface area contributed by atoms with E-state index in [9.17, 15) is 39.6 Å². The van der Waals surface area contributed by atoms with Crippen molar-refractivity contribution in [3.05, 3.63) is 42.0 Å². The minimum absolute atomic E-state index is 0.0968. The number of aliphatic hydroxyl groups is 1. The number of hydrogen-bond donors (Lipinski definition) is 5. The summed E-state index contributed by atoms with van der Waals surface area (Å²) in [6.45, 7) is 2.91. The number of carboxylic acids is 4. The average Bonchev–Trinajstić information content (AvgIpc) is 2.72. The Morgan fingerprint density at radius 2 is 1.47 bits per heavy atom. The second kappa shape index (κ2) is 12.5. The highest BCUT2D eigenvalue weighted by molar-refractivity contribution is 5.81. The molecular formula is C21H28N2O9. The lowest BCUT2D eigenvalue weighted by atomic mass is 9.97. The van der Waals surface area contributed by atoms with Crippen LogP contribution in [-0.4, -0.2) is 98.0 Å². The summed E-state index contributed by atoms with van der Waals surface area (Å²) in [6, 6.07) is 2.93. The summed E-state index contributed by atoms with van der Waals surface area (Å²) in [6.07, 6.45) is 0.0813. The molecule has 32 heavy (non-hydrogen) atoms. The third-order valence-corrected chi connectivity index (χ3v) is 5.10. The van der Waals surface area contributed by atoms with Crippen molar-refractivity contribution in [1.29, 1.82) is 0 Å². The summed E-state index contributed by atoms with van der Waals surface area (Å²) < 4.78 is 0. The number of aliphatic carboxylic acids is 4. The second-order valence-corrected chi connectivity index (χ2v) is 7.15. The van der Waals surface area contributed by atoms with Crippen LogP contribution in [0.3, 0.4) is 0 Å². The molecule has 176 valence electrons. The highest BCUT2D eigenvalue weighted by Crippen LogP contribution is 2.28. The lowest BCUT2D eigenvalue weighted by Gasteiger charge is -2.37. The van der Waals surface area contributed by atoms with E-state index >= 15 is 0 Å². The standard InChI is InChI=1S/C21H28N2O9/c1-3-13-6-4-5-7-14(13)17(12-24)23(16(21(31)32)11-19(27)28)9-8-22(2)15(20(29)30)10-18(25)26/h3-7,15-17,24H,1,8-12H2,2H3,(H,25,26)(H,27,28)(H,29,30)(H,31,32). The third kappa shape index (κ3) is 7.45. The van der Waals surface area contributed by atoms with Crippen molar-refractivity contribution in [2.45, 2.75) is 31.0 Å². The molecule has 0 aliphatic rings. The van der Waals surface area contributed by atoms with Gasteiger partial charge in [0.25, 0.3) is 0 Å². The van der Waals surface area contributed by atoms with Crippen LogP contribution in [0.5, 0.6) is 0 Å². The largest absolute Gasteiger partial charge is 0.481 e. The summed E-state index contributed by atoms with van der Waals surface area (Å²) in [7, 11) is 1.37. The van der Waals surface area contributed by atoms with E-state index in [1.54, 1.807) is 24.3 Å². The Morgan fingerprint density at radius 1 is 0.938 bits per heavy atom. The Bertz CT molecular complexity index is 842. The van der Waals surface area contributed by atoms with E-state index in [0.717, 1.165) is 0 Å². The molecule has 0 heterocycles. The molecule has 1 aromatic rings. The summed E-state index contributed by atoms with van der Waals surface area (Å²) in [5.74, 6) is -5.47. The van der Waals surface area contributed by atoms with E-state index < -0.39 is 61.5 Å². The normalized spacial score (nSPS) is 14.0. The molecule has 0 amide bonds. The van der Waals surface area contributed by atoms with Gasteiger partial charge in [-0.05, 0) is 18.2 Å². The van der Waals surface area contributed by atoms with Gasteiger partial charge < -0.3 is 25.5 Å². The molecule has 11 nitrogen and oxygen atoms in total. The predicted octanol–water partition coefficient (Wildman–Crippen LogP) is 0.453. The highest BCUT2D eigenvalue weighted by atomic mass is 16.4. The molecule has 0 aromatic heterocycles. The Hall–Kier alpha value is -3.28. The number of hydrogen-bond acceptors (Lipinski definition) is 7. The number of nitrogens with zero attached hydrogens (tertiary/aromatic N) is 2. The number of carbonyl (C=O) groups is 4. The Labute approximate surface area is 184 Å². The molecule has 11 heteroatoms. The highest BCUT2D eigenvalue weighted by Gasteiger charge is 2.35. The van der Waals surface area contributed by atoms with Gasteiger partial charge in [-0.2, -0.15) is 0 Å². The molecule has 0 aliphatic heterocycles. The molecule has 0 fully saturated rings. The van der Waals surface area contributed by atoms with E-state index in [1.807, 2.05) is 0 Å². The van der Waals surface area contributed by atoms with Crippen LogP contribution in [0.4, 0.5) is 0 Å². The number of benzene rings is 1. The first-order chi connectivity index (χ1) is 15.0. The van der Waals surface area contributed by atoms with Crippen molar-refractivity contribution in [1.82, 2.24) is 9.80 Å². The first-order valence-corrected chi connectivity index (χ1v) is 9.70. The van der Waals surface area contributed by atoms with Gasteiger partial charge in [0.1, 0.15) is 12.1 Å². The molecule has 3 atom stereocenters. The van der Waals surface area contributed by atoms with Gasteiger partial charge in [-0.3, -0.25) is 29.0 Å². The monoisotopic (exact) mass is 452 g/mol. The molecule has 5 N–H and O–H groups in total. The average molecular weight is 452 g/mol.